The number of nitrogens with zero attached hydrogens (tertiary/aromatic N) is 1. The van der Waals surface area contributed by atoms with Gasteiger partial charge in [-0.15, -0.1) is 0 Å². The van der Waals surface area contributed by atoms with Crippen LogP contribution in [0.2, 0.25) is 0 Å². The molecule has 0 radical (unpaired) electrons. The normalized spacial score (nSPS) is 9.67. The molecular weight excluding hydrogens is 266 g/mol. The zero-order valence-electron chi connectivity index (χ0n) is 7.68. The molecule has 80 valence electrons. The van der Waals surface area contributed by atoms with Crippen molar-refractivity contribution in [1.29, 1.82) is 0 Å². The highest BCUT2D eigenvalue weighted by atomic mass is 79.9. The lowest BCUT2D eigenvalue weighted by molar-refractivity contribution is -0.384. The van der Waals surface area contributed by atoms with Gasteiger partial charge in [-0.25, -0.2) is 4.79 Å². The molecule has 1 rings (SSSR count). The summed E-state index contributed by atoms with van der Waals surface area (Å²) in [5.41, 5.74) is 0.0634. The zero-order chi connectivity index (χ0) is 11.3. The molecule has 15 heavy (non-hydrogen) atoms. The minimum Gasteiger partial charge on any atom is -0.461 e. The fraction of sp³-hybridized carbons (Fsp3) is 0.222. The van der Waals surface area contributed by atoms with E-state index in [2.05, 4.69) is 15.9 Å². The van der Waals surface area contributed by atoms with E-state index in [1.807, 2.05) is 0 Å². The van der Waals surface area contributed by atoms with Gasteiger partial charge in [0.2, 0.25) is 0 Å². The lowest BCUT2D eigenvalue weighted by atomic mass is 10.2. The third-order valence-electron chi connectivity index (χ3n) is 1.60. The van der Waals surface area contributed by atoms with Gasteiger partial charge in [-0.3, -0.25) is 10.1 Å². The standard InChI is InChI=1S/C9H8BrNO4/c10-4-5-15-9(12)7-2-1-3-8(6-7)11(13)14/h1-3,6H,4-5H2. The molecule has 0 heterocycles. The van der Waals surface area contributed by atoms with Gasteiger partial charge in [-0.05, 0) is 6.07 Å². The monoisotopic (exact) mass is 273 g/mol. The van der Waals surface area contributed by atoms with Crippen LogP contribution in [0.5, 0.6) is 0 Å². The van der Waals surface area contributed by atoms with E-state index in [1.165, 1.54) is 24.3 Å². The Morgan fingerprint density at radius 1 is 1.53 bits per heavy atom. The Bertz CT molecular complexity index is 380. The van der Waals surface area contributed by atoms with Crippen LogP contribution in [0.3, 0.4) is 0 Å². The zero-order valence-corrected chi connectivity index (χ0v) is 9.27. The first-order valence-corrected chi connectivity index (χ1v) is 5.25. The number of alkyl halides is 1. The van der Waals surface area contributed by atoms with Crippen LogP contribution in [0.4, 0.5) is 5.69 Å². The summed E-state index contributed by atoms with van der Waals surface area (Å²) in [5.74, 6) is -0.557. The van der Waals surface area contributed by atoms with Crippen LogP contribution in [0, 0.1) is 10.1 Å². The van der Waals surface area contributed by atoms with Crippen LogP contribution in [0.15, 0.2) is 24.3 Å². The first kappa shape index (κ1) is 11.6. The van der Waals surface area contributed by atoms with E-state index in [9.17, 15) is 14.9 Å². The largest absolute Gasteiger partial charge is 0.461 e. The predicted octanol–water partition coefficient (Wildman–Crippen LogP) is 2.15. The maximum atomic E-state index is 11.3. The van der Waals surface area contributed by atoms with Gasteiger partial charge in [0.25, 0.3) is 5.69 Å². The lowest BCUT2D eigenvalue weighted by Gasteiger charge is -2.01. The van der Waals surface area contributed by atoms with E-state index < -0.39 is 10.9 Å². The maximum absolute atomic E-state index is 11.3. The fourth-order valence-electron chi connectivity index (χ4n) is 0.961. The van der Waals surface area contributed by atoms with Crippen molar-refractivity contribution in [2.24, 2.45) is 0 Å². The quantitative estimate of drug-likeness (QED) is 0.365. The molecule has 1 aromatic rings. The van der Waals surface area contributed by atoms with Crippen molar-refractivity contribution in [2.75, 3.05) is 11.9 Å². The molecule has 0 aliphatic carbocycles. The number of rotatable bonds is 4. The molecule has 0 saturated carbocycles. The second-order valence-electron chi connectivity index (χ2n) is 2.63. The summed E-state index contributed by atoms with van der Waals surface area (Å²) in [6.07, 6.45) is 0. The molecule has 0 aromatic heterocycles. The molecule has 0 spiro atoms. The summed E-state index contributed by atoms with van der Waals surface area (Å²) >= 11 is 3.10. The molecule has 6 heteroatoms. The van der Waals surface area contributed by atoms with Gasteiger partial charge >= 0.3 is 5.97 Å². The molecule has 1 aromatic carbocycles. The minimum absolute atomic E-state index is 0.122. The molecule has 0 saturated heterocycles. The molecule has 0 aliphatic heterocycles. The number of nitro benzene ring substituents is 1. The number of carbonyl (C=O) groups excluding carboxylic acids is 1. The Hall–Kier alpha value is -1.43. The van der Waals surface area contributed by atoms with Crippen molar-refractivity contribution in [2.45, 2.75) is 0 Å². The fourth-order valence-corrected chi connectivity index (χ4v) is 1.12. The van der Waals surface area contributed by atoms with Crippen molar-refractivity contribution in [1.82, 2.24) is 0 Å². The molecule has 0 amide bonds. The van der Waals surface area contributed by atoms with E-state index >= 15 is 0 Å². The number of carbonyl (C=O) groups is 1. The van der Waals surface area contributed by atoms with Crippen molar-refractivity contribution >= 4 is 27.6 Å². The minimum atomic E-state index is -0.557. The third-order valence-corrected chi connectivity index (χ3v) is 1.93. The Balaban J connectivity index is 2.81. The maximum Gasteiger partial charge on any atom is 0.338 e. The van der Waals surface area contributed by atoms with Gasteiger partial charge in [-0.2, -0.15) is 0 Å². The number of hydrogen-bond donors (Lipinski definition) is 0. The van der Waals surface area contributed by atoms with Gasteiger partial charge < -0.3 is 4.74 Å². The third kappa shape index (κ3) is 3.32. The predicted molar refractivity (Wildman–Crippen MR) is 57.2 cm³/mol. The van der Waals surface area contributed by atoms with Crippen LogP contribution >= 0.6 is 15.9 Å². The Labute approximate surface area is 94.3 Å². The van der Waals surface area contributed by atoms with Crippen molar-refractivity contribution in [3.05, 3.63) is 39.9 Å². The SMILES string of the molecule is O=C(OCCBr)c1cccc([N+](=O)[O-])c1. The first-order chi connectivity index (χ1) is 7.15. The Morgan fingerprint density at radius 2 is 2.27 bits per heavy atom. The van der Waals surface area contributed by atoms with Crippen LogP contribution in [0.25, 0.3) is 0 Å². The summed E-state index contributed by atoms with van der Waals surface area (Å²) in [6, 6.07) is 5.43. The summed E-state index contributed by atoms with van der Waals surface area (Å²) in [5, 5.41) is 11.0. The smallest absolute Gasteiger partial charge is 0.338 e. The average molecular weight is 274 g/mol. The molecule has 5 nitrogen and oxygen atoms in total. The number of non-ortho nitro benzene ring substituents is 1. The number of halogens is 1. The van der Waals surface area contributed by atoms with Gasteiger partial charge in [0, 0.05) is 17.5 Å². The highest BCUT2D eigenvalue weighted by Gasteiger charge is 2.11. The number of esters is 1. The van der Waals surface area contributed by atoms with Gasteiger partial charge in [0.1, 0.15) is 6.61 Å². The number of ether oxygens (including phenoxy) is 1. The van der Waals surface area contributed by atoms with Crippen molar-refractivity contribution in [3.63, 3.8) is 0 Å². The molecule has 0 N–H and O–H groups in total. The highest BCUT2D eigenvalue weighted by molar-refractivity contribution is 9.09. The number of benzene rings is 1. The highest BCUT2D eigenvalue weighted by Crippen LogP contribution is 2.13. The number of nitro groups is 1. The van der Waals surface area contributed by atoms with Crippen molar-refractivity contribution < 1.29 is 14.5 Å². The van der Waals surface area contributed by atoms with Gasteiger partial charge in [-0.1, -0.05) is 22.0 Å². The second kappa shape index (κ2) is 5.45. The van der Waals surface area contributed by atoms with Gasteiger partial charge in [0.15, 0.2) is 0 Å². The molecule has 0 atom stereocenters. The summed E-state index contributed by atoms with van der Waals surface area (Å²) < 4.78 is 4.80. The Morgan fingerprint density at radius 3 is 2.87 bits per heavy atom. The van der Waals surface area contributed by atoms with E-state index in [0.717, 1.165) is 0 Å². The Kier molecular flexibility index (Phi) is 4.23. The molecule has 0 aliphatic rings. The average Bonchev–Trinajstić information content (AvgIpc) is 2.26. The summed E-state index contributed by atoms with van der Waals surface area (Å²) in [4.78, 5) is 21.2. The van der Waals surface area contributed by atoms with Crippen LogP contribution in [-0.2, 0) is 4.74 Å². The topological polar surface area (TPSA) is 69.4 Å². The molecule has 0 bridgehead atoms. The van der Waals surface area contributed by atoms with Crippen LogP contribution in [0.1, 0.15) is 10.4 Å². The first-order valence-electron chi connectivity index (χ1n) is 4.12. The molecule has 0 fully saturated rings. The van der Waals surface area contributed by atoms with E-state index in [1.54, 1.807) is 0 Å². The summed E-state index contributed by atoms with van der Waals surface area (Å²) in [7, 11) is 0. The number of hydrogen-bond acceptors (Lipinski definition) is 4. The van der Waals surface area contributed by atoms with E-state index in [0.29, 0.717) is 5.33 Å². The second-order valence-corrected chi connectivity index (χ2v) is 3.43. The van der Waals surface area contributed by atoms with Crippen molar-refractivity contribution in [3.8, 4) is 0 Å². The van der Waals surface area contributed by atoms with E-state index in [4.69, 9.17) is 4.74 Å². The molecule has 0 unspecified atom stereocenters. The summed E-state index contributed by atoms with van der Waals surface area (Å²) in [6.45, 7) is 0.238. The van der Waals surface area contributed by atoms with Gasteiger partial charge in [0.05, 0.1) is 10.5 Å². The van der Waals surface area contributed by atoms with Crippen LogP contribution < -0.4 is 0 Å². The van der Waals surface area contributed by atoms with E-state index in [-0.39, 0.29) is 17.9 Å². The lowest BCUT2D eigenvalue weighted by Crippen LogP contribution is -2.07. The molecular formula is C9H8BrNO4. The van der Waals surface area contributed by atoms with Crippen LogP contribution in [-0.4, -0.2) is 22.8 Å².